The van der Waals surface area contributed by atoms with Crippen molar-refractivity contribution in [2.24, 2.45) is 0 Å². The molecule has 0 radical (unpaired) electrons. The van der Waals surface area contributed by atoms with Gasteiger partial charge in [0.1, 0.15) is 13.2 Å². The van der Waals surface area contributed by atoms with Crippen molar-refractivity contribution in [3.8, 4) is 0 Å². The van der Waals surface area contributed by atoms with E-state index < -0.39 is 24.3 Å². The molecule has 0 bridgehead atoms. The summed E-state index contributed by atoms with van der Waals surface area (Å²) in [6, 6.07) is 0. The fourth-order valence-electron chi connectivity index (χ4n) is 9.03. The van der Waals surface area contributed by atoms with E-state index in [4.69, 9.17) is 18.9 Å². The number of quaternary nitrogens is 1. The number of carboxylic acids is 1. The van der Waals surface area contributed by atoms with Gasteiger partial charge in [-0.2, -0.15) is 0 Å². The van der Waals surface area contributed by atoms with Crippen LogP contribution in [0.1, 0.15) is 284 Å². The van der Waals surface area contributed by atoms with Gasteiger partial charge in [0.15, 0.2) is 12.4 Å². The third-order valence-corrected chi connectivity index (χ3v) is 13.9. The van der Waals surface area contributed by atoms with Gasteiger partial charge in [-0.1, -0.05) is 260 Å². The van der Waals surface area contributed by atoms with Crippen molar-refractivity contribution < 1.29 is 42.9 Å². The van der Waals surface area contributed by atoms with Gasteiger partial charge >= 0.3 is 11.9 Å². The maximum atomic E-state index is 12.9. The van der Waals surface area contributed by atoms with Crippen molar-refractivity contribution in [2.45, 2.75) is 296 Å². The predicted molar refractivity (Wildman–Crippen MR) is 325 cm³/mol. The van der Waals surface area contributed by atoms with Crippen molar-refractivity contribution >= 4 is 17.9 Å². The Hall–Kier alpha value is -3.27. The molecule has 0 aliphatic rings. The van der Waals surface area contributed by atoms with Gasteiger partial charge in [0.2, 0.25) is 0 Å². The fraction of sp³-hybridized carbons (Fsp3) is 0.779. The summed E-state index contributed by atoms with van der Waals surface area (Å²) in [6.45, 7) is 4.65. The lowest BCUT2D eigenvalue weighted by atomic mass is 10.0. The number of likely N-dealkylation sites (N-methyl/N-ethyl adjacent to an activating group) is 1. The molecular formula is C68H121NO8. The van der Waals surface area contributed by atoms with Crippen LogP contribution in [0.2, 0.25) is 0 Å². The number of ether oxygens (including phenoxy) is 4. The van der Waals surface area contributed by atoms with E-state index in [-0.39, 0.29) is 32.2 Å². The lowest BCUT2D eigenvalue weighted by Gasteiger charge is -2.26. The normalized spacial score (nSPS) is 13.2. The van der Waals surface area contributed by atoms with E-state index in [1.54, 1.807) is 0 Å². The Morgan fingerprint density at radius 1 is 0.403 bits per heavy atom. The van der Waals surface area contributed by atoms with Crippen molar-refractivity contribution in [2.75, 3.05) is 47.5 Å². The summed E-state index contributed by atoms with van der Waals surface area (Å²) in [4.78, 5) is 37.4. The number of hydrogen-bond acceptors (Lipinski definition) is 8. The van der Waals surface area contributed by atoms with Crippen LogP contribution in [0.4, 0.5) is 0 Å². The van der Waals surface area contributed by atoms with Crippen LogP contribution < -0.4 is 5.11 Å². The summed E-state index contributed by atoms with van der Waals surface area (Å²) in [5.41, 5.74) is 0. The quantitative estimate of drug-likeness (QED) is 0.0195. The highest BCUT2D eigenvalue weighted by atomic mass is 16.7. The molecule has 0 saturated heterocycles. The number of aliphatic carboxylic acids is 1. The van der Waals surface area contributed by atoms with Gasteiger partial charge in [0.25, 0.3) is 0 Å². The van der Waals surface area contributed by atoms with Crippen LogP contribution in [0.3, 0.4) is 0 Å². The highest BCUT2D eigenvalue weighted by molar-refractivity contribution is 5.70. The van der Waals surface area contributed by atoms with E-state index in [1.165, 1.54) is 180 Å². The predicted octanol–water partition coefficient (Wildman–Crippen LogP) is 18.0. The van der Waals surface area contributed by atoms with Crippen LogP contribution in [0, 0.1) is 0 Å². The zero-order valence-corrected chi connectivity index (χ0v) is 50.8. The SMILES string of the molecule is CC/C=C\C/C=C\C/C=C\C/C=C\CCCCCCCCCCCCCCCCC(=O)OC(COC(=O)CCCCCCCCCCCCCCC/C=C\C/C=C\CCCCCCC)COC(OCC[N+](C)(C)C)C(=O)[O-]. The minimum Gasteiger partial charge on any atom is -0.545 e. The van der Waals surface area contributed by atoms with E-state index >= 15 is 0 Å². The molecule has 0 aliphatic carbocycles. The number of unbranched alkanes of at least 4 members (excludes halogenated alkanes) is 32. The smallest absolute Gasteiger partial charge is 0.306 e. The third-order valence-electron chi connectivity index (χ3n) is 13.9. The second kappa shape index (κ2) is 58.9. The van der Waals surface area contributed by atoms with Crippen LogP contribution in [0.25, 0.3) is 0 Å². The molecule has 0 spiro atoms. The van der Waals surface area contributed by atoms with Gasteiger partial charge in [0.05, 0.1) is 40.3 Å². The number of rotatable bonds is 59. The Balaban J connectivity index is 4.17. The maximum Gasteiger partial charge on any atom is 0.306 e. The van der Waals surface area contributed by atoms with Gasteiger partial charge in [-0.25, -0.2) is 0 Å². The molecule has 2 unspecified atom stereocenters. The first-order valence-electron chi connectivity index (χ1n) is 32.1. The number of nitrogens with zero attached hydrogens (tertiary/aromatic N) is 1. The summed E-state index contributed by atoms with van der Waals surface area (Å²) in [7, 11) is 5.93. The number of allylic oxidation sites excluding steroid dienone is 12. The molecule has 0 fully saturated rings. The summed E-state index contributed by atoms with van der Waals surface area (Å²) in [5, 5.41) is 11.8. The molecule has 0 aromatic rings. The highest BCUT2D eigenvalue weighted by Crippen LogP contribution is 2.17. The Bertz CT molecular complexity index is 1490. The maximum absolute atomic E-state index is 12.9. The molecular weight excluding hydrogens is 959 g/mol. The average Bonchev–Trinajstić information content (AvgIpc) is 3.40. The Morgan fingerprint density at radius 3 is 1.10 bits per heavy atom. The molecule has 2 atom stereocenters. The van der Waals surface area contributed by atoms with Crippen molar-refractivity contribution in [3.63, 3.8) is 0 Å². The van der Waals surface area contributed by atoms with Gasteiger partial charge in [-0.15, -0.1) is 0 Å². The van der Waals surface area contributed by atoms with Gasteiger partial charge in [-0.3, -0.25) is 9.59 Å². The molecule has 77 heavy (non-hydrogen) atoms. The number of hydrogen-bond donors (Lipinski definition) is 0. The zero-order valence-electron chi connectivity index (χ0n) is 50.8. The Kier molecular flexibility index (Phi) is 56.4. The standard InChI is InChI=1S/C68H121NO8/c1-6-8-10-12-14-16-18-20-22-24-26-28-30-32-33-35-37-39-41-43-45-47-49-51-53-55-57-59-66(71)77-64(63-76-68(67(72)73)74-61-60-69(3,4)5)62-75-65(70)58-56-54-52-50-48-46-44-42-40-38-36-34-31-29-27-25-23-21-19-17-15-13-11-9-7-2/h8,10,14,16,19-22,25-28,64,68H,6-7,9,11-13,15,17-18,23-24,29-63H2,1-5H3/b10-8-,16-14-,21-19-,22-20-,27-25-,28-26-. The van der Waals surface area contributed by atoms with Crippen LogP contribution >= 0.6 is 0 Å². The van der Waals surface area contributed by atoms with E-state index in [0.29, 0.717) is 23.9 Å². The first-order chi connectivity index (χ1) is 37.6. The van der Waals surface area contributed by atoms with Crippen LogP contribution in [-0.4, -0.2) is 82.3 Å². The number of carbonyl (C=O) groups excluding carboxylic acids is 3. The minimum absolute atomic E-state index is 0.146. The molecule has 0 aromatic carbocycles. The van der Waals surface area contributed by atoms with Crippen molar-refractivity contribution in [3.05, 3.63) is 72.9 Å². The molecule has 0 amide bonds. The van der Waals surface area contributed by atoms with Crippen molar-refractivity contribution in [1.29, 1.82) is 0 Å². The molecule has 9 nitrogen and oxygen atoms in total. The monoisotopic (exact) mass is 1080 g/mol. The molecule has 0 N–H and O–H groups in total. The molecule has 0 rings (SSSR count). The van der Waals surface area contributed by atoms with Crippen LogP contribution in [0.5, 0.6) is 0 Å². The molecule has 0 saturated carbocycles. The summed E-state index contributed by atoms with van der Waals surface area (Å²) in [6.07, 6.45) is 73.9. The Labute approximate surface area is 475 Å². The molecule has 446 valence electrons. The van der Waals surface area contributed by atoms with E-state index in [1.807, 2.05) is 21.1 Å². The van der Waals surface area contributed by atoms with Gasteiger partial charge < -0.3 is 33.3 Å². The number of carbonyl (C=O) groups is 3. The first-order valence-corrected chi connectivity index (χ1v) is 32.1. The zero-order chi connectivity index (χ0) is 56.2. The van der Waals surface area contributed by atoms with Crippen LogP contribution in [-0.2, 0) is 33.3 Å². The molecule has 0 aliphatic heterocycles. The fourth-order valence-corrected chi connectivity index (χ4v) is 9.03. The van der Waals surface area contributed by atoms with E-state index in [9.17, 15) is 19.5 Å². The molecule has 0 heterocycles. The number of esters is 2. The van der Waals surface area contributed by atoms with Crippen LogP contribution in [0.15, 0.2) is 72.9 Å². The van der Waals surface area contributed by atoms with E-state index in [0.717, 1.165) is 70.6 Å². The summed E-state index contributed by atoms with van der Waals surface area (Å²) in [5.74, 6) is -2.27. The highest BCUT2D eigenvalue weighted by Gasteiger charge is 2.22. The second-order valence-corrected chi connectivity index (χ2v) is 22.7. The van der Waals surface area contributed by atoms with Gasteiger partial charge in [0, 0.05) is 12.8 Å². The molecule has 9 heteroatoms. The first kappa shape index (κ1) is 73.7. The summed E-state index contributed by atoms with van der Waals surface area (Å²) < 4.78 is 22.8. The van der Waals surface area contributed by atoms with Gasteiger partial charge in [-0.05, 0) is 83.5 Å². The largest absolute Gasteiger partial charge is 0.545 e. The topological polar surface area (TPSA) is 111 Å². The average molecular weight is 1080 g/mol. The third kappa shape index (κ3) is 60.2. The van der Waals surface area contributed by atoms with Crippen molar-refractivity contribution in [1.82, 2.24) is 0 Å². The Morgan fingerprint density at radius 2 is 0.740 bits per heavy atom. The second-order valence-electron chi connectivity index (χ2n) is 22.7. The summed E-state index contributed by atoms with van der Waals surface area (Å²) >= 11 is 0. The van der Waals surface area contributed by atoms with E-state index in [2.05, 4.69) is 86.8 Å². The lowest BCUT2D eigenvalue weighted by molar-refractivity contribution is -0.870. The minimum atomic E-state index is -1.62. The lowest BCUT2D eigenvalue weighted by Crippen LogP contribution is -2.44. The molecule has 0 aromatic heterocycles. The number of carboxylic acid groups (broad SMARTS) is 1.